The summed E-state index contributed by atoms with van der Waals surface area (Å²) in [6.07, 6.45) is 25.2. The zero-order valence-corrected chi connectivity index (χ0v) is 56.4. The van der Waals surface area contributed by atoms with Crippen molar-refractivity contribution in [2.24, 2.45) is 23.0 Å². The average molecular weight is 1200 g/mol. The first-order chi connectivity index (χ1) is 41.9. The lowest BCUT2D eigenvalue weighted by Crippen LogP contribution is -2.67. The van der Waals surface area contributed by atoms with Crippen LogP contribution in [0.1, 0.15) is 166 Å². The number of benzene rings is 2. The van der Waals surface area contributed by atoms with E-state index in [-0.39, 0.29) is 11.5 Å². The van der Waals surface area contributed by atoms with Crippen LogP contribution >= 0.6 is 11.3 Å². The molecule has 12 nitrogen and oxygen atoms in total. The molecule has 0 amide bonds. The van der Waals surface area contributed by atoms with Gasteiger partial charge in [-0.1, -0.05) is 98.4 Å². The van der Waals surface area contributed by atoms with Gasteiger partial charge in [0.2, 0.25) is 0 Å². The summed E-state index contributed by atoms with van der Waals surface area (Å²) in [5.74, 6) is 1.69. The fourth-order valence-corrected chi connectivity index (χ4v) is 15.7. The first kappa shape index (κ1) is 66.0. The Balaban J connectivity index is 0.000000228. The Morgan fingerprint density at radius 2 is 1.63 bits per heavy atom. The topological polar surface area (TPSA) is 100 Å². The Bertz CT molecular complexity index is 3050. The van der Waals surface area contributed by atoms with Crippen LogP contribution in [0.25, 0.3) is 33.4 Å². The Labute approximate surface area is 530 Å². The summed E-state index contributed by atoms with van der Waals surface area (Å²) in [7, 11) is 6.61. The van der Waals surface area contributed by atoms with Crippen LogP contribution in [0, 0.1) is 17.3 Å². The van der Waals surface area contributed by atoms with Crippen LogP contribution in [0.15, 0.2) is 110 Å². The third-order valence-corrected chi connectivity index (χ3v) is 21.0. The van der Waals surface area contributed by atoms with Gasteiger partial charge in [0.05, 0.1) is 45.6 Å². The predicted molar refractivity (Wildman–Crippen MR) is 373 cm³/mol. The number of hydrazine groups is 1. The number of likely N-dealkylation sites (tertiary alicyclic amines) is 1. The number of allylic oxidation sites excluding steroid dienone is 1. The number of piperazine rings is 1. The molecule has 3 aliphatic heterocycles. The third kappa shape index (κ3) is 16.3. The molecule has 474 valence electrons. The number of hydrogen-bond acceptors (Lipinski definition) is 12. The number of nitrogens with zero attached hydrogens (tertiary/aromatic N) is 9. The highest BCUT2D eigenvalue weighted by Crippen LogP contribution is 2.47. The summed E-state index contributed by atoms with van der Waals surface area (Å²) < 4.78 is 2.59. The van der Waals surface area contributed by atoms with E-state index in [1.165, 1.54) is 131 Å². The van der Waals surface area contributed by atoms with Gasteiger partial charge in [0.1, 0.15) is 0 Å². The lowest BCUT2D eigenvalue weighted by Gasteiger charge is -2.55. The standard InChI is InChI=1S/C45H65N7S.C29H47N5/c1-8-12-22-45(6,7)30-39-37-28-34(40-32-53-42(49-40)17-15-13-14-16-23-48-47-10-3)18-21-41(37)52(11-4)44(39)38-29-36(31-46-43(38)33(5)9-2)51-26-24-50(25-27-51)35-19-20-35;1-21(2)28(23(4)30)32(7)18-24-9-13-26(14-10-24)33-19-29(20-33)15-8-16-34(29)22(3)17-27(31(5)6)25-11-12-25/h8,10,18,21,28-29,31-33,35,47-48H,1,3,9,11-17,19-20,22-27,30H2,2,4-7H3;9-10,13-14,21,25,27-28H,3-4,8,11-12,15-20,30H2,1-2,5-7H3/t;27-,28?/m.1/s1. The maximum absolute atomic E-state index is 6.07. The molecule has 2 aliphatic carbocycles. The highest BCUT2D eigenvalue weighted by Gasteiger charge is 2.51. The van der Waals surface area contributed by atoms with Crippen molar-refractivity contribution >= 4 is 33.6 Å². The highest BCUT2D eigenvalue weighted by molar-refractivity contribution is 7.09. The van der Waals surface area contributed by atoms with Crippen LogP contribution in [0.2, 0.25) is 0 Å². The van der Waals surface area contributed by atoms with Crippen LogP contribution < -0.4 is 26.4 Å². The number of thiazole rings is 1. The van der Waals surface area contributed by atoms with Crippen molar-refractivity contribution in [3.63, 3.8) is 0 Å². The van der Waals surface area contributed by atoms with Crippen molar-refractivity contribution in [3.8, 4) is 22.5 Å². The van der Waals surface area contributed by atoms with Crippen LogP contribution in [0.3, 0.4) is 0 Å². The molecule has 2 saturated carbocycles. The van der Waals surface area contributed by atoms with Crippen molar-refractivity contribution in [2.45, 2.75) is 194 Å². The van der Waals surface area contributed by atoms with Gasteiger partial charge in [-0.15, -0.1) is 17.9 Å². The van der Waals surface area contributed by atoms with Crippen molar-refractivity contribution in [2.75, 3.05) is 83.3 Å². The Morgan fingerprint density at radius 1 is 0.897 bits per heavy atom. The third-order valence-electron chi connectivity index (χ3n) is 20.1. The quantitative estimate of drug-likeness (QED) is 0.0218. The maximum Gasteiger partial charge on any atom is 0.0932 e. The molecule has 3 atom stereocenters. The van der Waals surface area contributed by atoms with Gasteiger partial charge in [0, 0.05) is 135 Å². The second kappa shape index (κ2) is 29.9. The van der Waals surface area contributed by atoms with Crippen LogP contribution in [-0.4, -0.2) is 131 Å². The lowest BCUT2D eigenvalue weighted by molar-refractivity contribution is 0.127. The molecule has 5 aromatic rings. The number of nitrogens with one attached hydrogen (secondary N) is 2. The molecular weight excluding hydrogens is 1090 g/mol. The van der Waals surface area contributed by atoms with Gasteiger partial charge in [-0.25, -0.2) is 10.4 Å². The van der Waals surface area contributed by atoms with E-state index in [9.17, 15) is 0 Å². The van der Waals surface area contributed by atoms with Gasteiger partial charge in [-0.2, -0.15) is 0 Å². The van der Waals surface area contributed by atoms with Crippen molar-refractivity contribution in [1.82, 2.24) is 45.0 Å². The molecule has 10 rings (SSSR count). The largest absolute Gasteiger partial charge is 0.401 e. The van der Waals surface area contributed by atoms with Crippen molar-refractivity contribution in [1.29, 1.82) is 0 Å². The molecule has 4 N–H and O–H groups in total. The maximum atomic E-state index is 6.07. The molecule has 5 aliphatic rings. The van der Waals surface area contributed by atoms with Gasteiger partial charge in [-0.05, 0) is 176 Å². The number of aryl methyl sites for hydroxylation is 2. The van der Waals surface area contributed by atoms with Crippen LogP contribution in [0.4, 0.5) is 11.4 Å². The molecule has 0 bridgehead atoms. The SMILES string of the molecule is C=C(N)C(C(C)C)N(C)Cc1ccc(N2CC3(CCCN3C(=C)C[C@H](C3CC3)N(C)C)C2)cc1.C=CCCC(C)(C)Cc1c(-c2cc(N3CCN(C4CC4)CC3)cnc2C(C)CC)n(CC)c2ccc(-c3csc(CCCCCCNNC=C)n3)cc12. The molecule has 6 heterocycles. The summed E-state index contributed by atoms with van der Waals surface area (Å²) in [4.78, 5) is 25.7. The molecule has 87 heavy (non-hydrogen) atoms. The number of hydrogen-bond donors (Lipinski definition) is 3. The second-order valence-electron chi connectivity index (χ2n) is 28.0. The minimum Gasteiger partial charge on any atom is -0.401 e. The monoisotopic (exact) mass is 1200 g/mol. The molecule has 1 spiro atoms. The molecule has 0 radical (unpaired) electrons. The van der Waals surface area contributed by atoms with Crippen molar-refractivity contribution < 1.29 is 0 Å². The summed E-state index contributed by atoms with van der Waals surface area (Å²) in [6, 6.07) is 20.4. The molecular formula is C74H112N12S. The van der Waals surface area contributed by atoms with E-state index >= 15 is 0 Å². The molecule has 3 saturated heterocycles. The van der Waals surface area contributed by atoms with Crippen LogP contribution in [0.5, 0.6) is 0 Å². The lowest BCUT2D eigenvalue weighted by atomic mass is 9.80. The average Bonchev–Trinajstić information content (AvgIpc) is 1.69. The van der Waals surface area contributed by atoms with Gasteiger partial charge in [0.25, 0.3) is 0 Å². The van der Waals surface area contributed by atoms with Gasteiger partial charge in [0.15, 0.2) is 0 Å². The number of rotatable bonds is 32. The number of anilines is 2. The number of unbranched alkanes of at least 4 members (excludes halogenated alkanes) is 3. The fraction of sp³-hybridized carbons (Fsp3) is 0.595. The Hall–Kier alpha value is -5.44. The normalized spacial score (nSPS) is 18.1. The molecule has 2 aromatic carbocycles. The number of likely N-dealkylation sites (N-methyl/N-ethyl adjacent to an activating group) is 1. The van der Waals surface area contributed by atoms with E-state index < -0.39 is 0 Å². The van der Waals surface area contributed by atoms with E-state index in [2.05, 4.69) is 207 Å². The first-order valence-electron chi connectivity index (χ1n) is 33.8. The zero-order valence-electron chi connectivity index (χ0n) is 55.6. The van der Waals surface area contributed by atoms with Crippen LogP contribution in [-0.2, 0) is 25.9 Å². The van der Waals surface area contributed by atoms with E-state index in [4.69, 9.17) is 15.7 Å². The van der Waals surface area contributed by atoms with Gasteiger partial charge >= 0.3 is 0 Å². The second-order valence-corrected chi connectivity index (χ2v) is 29.0. The van der Waals surface area contributed by atoms with Gasteiger partial charge in [-0.3, -0.25) is 14.8 Å². The summed E-state index contributed by atoms with van der Waals surface area (Å²) in [6.45, 7) is 43.2. The summed E-state index contributed by atoms with van der Waals surface area (Å²) in [5, 5.41) is 4.87. The number of fused-ring (bicyclic) bond motifs is 1. The first-order valence-corrected chi connectivity index (χ1v) is 34.7. The van der Waals surface area contributed by atoms with E-state index in [0.717, 1.165) is 127 Å². The number of nitrogens with two attached hydrogens (primary N) is 1. The smallest absolute Gasteiger partial charge is 0.0932 e. The predicted octanol–water partition coefficient (Wildman–Crippen LogP) is 15.0. The highest BCUT2D eigenvalue weighted by atomic mass is 32.1. The minimum absolute atomic E-state index is 0.110. The zero-order chi connectivity index (χ0) is 62.0. The van der Waals surface area contributed by atoms with E-state index in [1.807, 2.05) is 11.3 Å². The summed E-state index contributed by atoms with van der Waals surface area (Å²) in [5.41, 5.74) is 27.6. The minimum atomic E-state index is 0.110. The Kier molecular flexibility index (Phi) is 22.7. The van der Waals surface area contributed by atoms with E-state index in [1.54, 1.807) is 6.20 Å². The fourth-order valence-electron chi connectivity index (χ4n) is 14.8. The molecule has 3 aromatic heterocycles. The van der Waals surface area contributed by atoms with Crippen molar-refractivity contribution in [3.05, 3.63) is 132 Å². The Morgan fingerprint density at radius 3 is 2.28 bits per heavy atom. The number of aromatic nitrogens is 3. The van der Waals surface area contributed by atoms with Gasteiger partial charge < -0.3 is 35.3 Å². The molecule has 13 heteroatoms. The summed E-state index contributed by atoms with van der Waals surface area (Å²) >= 11 is 1.81. The molecule has 2 unspecified atom stereocenters. The van der Waals surface area contributed by atoms with E-state index in [0.29, 0.717) is 23.4 Å². The molecule has 5 fully saturated rings. The number of pyridine rings is 1.